The lowest BCUT2D eigenvalue weighted by atomic mass is 10.1. The van der Waals surface area contributed by atoms with Gasteiger partial charge in [0.1, 0.15) is 18.9 Å². The molecule has 7 nitrogen and oxygen atoms in total. The van der Waals surface area contributed by atoms with E-state index in [0.717, 1.165) is 13.1 Å². The monoisotopic (exact) mass is 324 g/mol. The average Bonchev–Trinajstić information content (AvgIpc) is 3.09. The number of aromatic nitrogens is 3. The Balaban J connectivity index is 1.53. The number of nitrogens with zero attached hydrogens (tertiary/aromatic N) is 6. The van der Waals surface area contributed by atoms with Gasteiger partial charge in [-0.15, -0.1) is 5.10 Å². The van der Waals surface area contributed by atoms with Gasteiger partial charge in [-0.2, -0.15) is 5.26 Å². The van der Waals surface area contributed by atoms with Crippen molar-refractivity contribution in [3.05, 3.63) is 48.0 Å². The minimum Gasteiger partial charge on any atom is -0.339 e. The number of hydrogen-bond acceptors (Lipinski definition) is 5. The summed E-state index contributed by atoms with van der Waals surface area (Å²) in [6.07, 6.45) is 1.42. The smallest absolute Gasteiger partial charge is 0.252 e. The van der Waals surface area contributed by atoms with Crippen molar-refractivity contribution in [1.29, 1.82) is 5.26 Å². The molecule has 1 amide bonds. The van der Waals surface area contributed by atoms with Gasteiger partial charge in [-0.3, -0.25) is 9.69 Å². The quantitative estimate of drug-likeness (QED) is 0.840. The number of nitriles is 1. The molecule has 1 aliphatic rings. The first-order chi connectivity index (χ1) is 11.7. The average molecular weight is 324 g/mol. The van der Waals surface area contributed by atoms with Crippen molar-refractivity contribution < 1.29 is 4.79 Å². The van der Waals surface area contributed by atoms with E-state index in [-0.39, 0.29) is 18.3 Å². The molecule has 0 bridgehead atoms. The number of hydrogen-bond donors (Lipinski definition) is 0. The molecule has 1 aromatic carbocycles. The van der Waals surface area contributed by atoms with Crippen LogP contribution in [0.5, 0.6) is 0 Å². The van der Waals surface area contributed by atoms with Gasteiger partial charge in [0.25, 0.3) is 5.82 Å². The number of piperazine rings is 1. The second-order valence-electron chi connectivity index (χ2n) is 5.88. The Bertz CT molecular complexity index is 727. The summed E-state index contributed by atoms with van der Waals surface area (Å²) in [5.41, 5.74) is 1.30. The van der Waals surface area contributed by atoms with Gasteiger partial charge in [-0.05, 0) is 12.5 Å². The molecule has 2 aromatic rings. The van der Waals surface area contributed by atoms with Crippen LogP contribution in [0.15, 0.2) is 36.7 Å². The maximum Gasteiger partial charge on any atom is 0.252 e. The van der Waals surface area contributed by atoms with Crippen molar-refractivity contribution in [2.75, 3.05) is 26.2 Å². The Hall–Kier alpha value is -2.72. The zero-order chi connectivity index (χ0) is 16.9. The second kappa shape index (κ2) is 7.23. The van der Waals surface area contributed by atoms with Gasteiger partial charge in [0, 0.05) is 32.2 Å². The summed E-state index contributed by atoms with van der Waals surface area (Å²) in [4.78, 5) is 20.4. The third kappa shape index (κ3) is 3.60. The van der Waals surface area contributed by atoms with Gasteiger partial charge in [0.2, 0.25) is 5.91 Å². The van der Waals surface area contributed by atoms with Crippen molar-refractivity contribution >= 4 is 5.91 Å². The SMILES string of the molecule is CC(c1ccccc1)N1CCN(C(=O)Cn2cnc(C#N)n2)CC1. The Morgan fingerprint density at radius 2 is 1.96 bits per heavy atom. The van der Waals surface area contributed by atoms with E-state index in [0.29, 0.717) is 19.1 Å². The molecular formula is C17H20N6O. The molecule has 0 spiro atoms. The Morgan fingerprint density at radius 3 is 2.58 bits per heavy atom. The molecule has 0 radical (unpaired) electrons. The van der Waals surface area contributed by atoms with Crippen LogP contribution in [0, 0.1) is 11.3 Å². The predicted octanol–water partition coefficient (Wildman–Crippen LogP) is 1.06. The molecule has 0 saturated carbocycles. The normalized spacial score (nSPS) is 16.6. The highest BCUT2D eigenvalue weighted by Crippen LogP contribution is 2.21. The molecule has 24 heavy (non-hydrogen) atoms. The fraction of sp³-hybridized carbons (Fsp3) is 0.412. The van der Waals surface area contributed by atoms with E-state index >= 15 is 0 Å². The molecule has 1 aromatic heterocycles. The fourth-order valence-corrected chi connectivity index (χ4v) is 2.96. The number of rotatable bonds is 4. The first kappa shape index (κ1) is 16.1. The molecular weight excluding hydrogens is 304 g/mol. The standard InChI is InChI=1S/C17H20N6O/c1-14(15-5-3-2-4-6-15)21-7-9-22(10-8-21)17(24)12-23-13-19-16(11-18)20-23/h2-6,13-14H,7-10,12H2,1H3. The van der Waals surface area contributed by atoms with Gasteiger partial charge < -0.3 is 4.90 Å². The Labute approximate surface area is 141 Å². The third-order valence-electron chi connectivity index (χ3n) is 4.43. The van der Waals surface area contributed by atoms with Crippen LogP contribution in [0.4, 0.5) is 0 Å². The highest BCUT2D eigenvalue weighted by molar-refractivity contribution is 5.76. The zero-order valence-electron chi connectivity index (χ0n) is 13.7. The predicted molar refractivity (Wildman–Crippen MR) is 87.7 cm³/mol. The summed E-state index contributed by atoms with van der Waals surface area (Å²) in [5, 5.41) is 12.7. The molecule has 0 N–H and O–H groups in total. The van der Waals surface area contributed by atoms with Gasteiger partial charge in [0.05, 0.1) is 0 Å². The lowest BCUT2D eigenvalue weighted by Gasteiger charge is -2.38. The Kier molecular flexibility index (Phi) is 4.87. The van der Waals surface area contributed by atoms with E-state index in [9.17, 15) is 4.79 Å². The summed E-state index contributed by atoms with van der Waals surface area (Å²) >= 11 is 0. The number of amides is 1. The molecule has 1 unspecified atom stereocenters. The van der Waals surface area contributed by atoms with E-state index in [1.807, 2.05) is 17.0 Å². The first-order valence-corrected chi connectivity index (χ1v) is 8.03. The maximum absolute atomic E-state index is 12.3. The van der Waals surface area contributed by atoms with Crippen LogP contribution in [-0.4, -0.2) is 56.7 Å². The molecule has 1 saturated heterocycles. The molecule has 0 aliphatic carbocycles. The van der Waals surface area contributed by atoms with Crippen molar-refractivity contribution in [2.45, 2.75) is 19.5 Å². The molecule has 1 atom stereocenters. The summed E-state index contributed by atoms with van der Waals surface area (Å²) < 4.78 is 1.42. The molecule has 2 heterocycles. The first-order valence-electron chi connectivity index (χ1n) is 8.03. The van der Waals surface area contributed by atoms with Crippen LogP contribution in [0.2, 0.25) is 0 Å². The van der Waals surface area contributed by atoms with E-state index in [1.54, 1.807) is 0 Å². The van der Waals surface area contributed by atoms with Gasteiger partial charge in [-0.1, -0.05) is 30.3 Å². The van der Waals surface area contributed by atoms with Gasteiger partial charge in [0.15, 0.2) is 0 Å². The van der Waals surface area contributed by atoms with Crippen LogP contribution in [0.1, 0.15) is 24.4 Å². The molecule has 1 fully saturated rings. The van der Waals surface area contributed by atoms with Crippen LogP contribution < -0.4 is 0 Å². The van der Waals surface area contributed by atoms with Gasteiger partial charge in [-0.25, -0.2) is 9.67 Å². The van der Waals surface area contributed by atoms with Crippen LogP contribution in [-0.2, 0) is 11.3 Å². The second-order valence-corrected chi connectivity index (χ2v) is 5.88. The van der Waals surface area contributed by atoms with Crippen LogP contribution in [0.25, 0.3) is 0 Å². The summed E-state index contributed by atoms with van der Waals surface area (Å²) in [5.74, 6) is 0.0979. The topological polar surface area (TPSA) is 78.0 Å². The molecule has 7 heteroatoms. The largest absolute Gasteiger partial charge is 0.339 e. The molecule has 124 valence electrons. The summed E-state index contributed by atoms with van der Waals surface area (Å²) in [6, 6.07) is 12.6. The van der Waals surface area contributed by atoms with E-state index in [2.05, 4.69) is 46.2 Å². The van der Waals surface area contributed by atoms with E-state index < -0.39 is 0 Å². The number of benzene rings is 1. The molecule has 1 aliphatic heterocycles. The van der Waals surface area contributed by atoms with Crippen molar-refractivity contribution in [1.82, 2.24) is 24.6 Å². The van der Waals surface area contributed by atoms with Crippen LogP contribution in [0.3, 0.4) is 0 Å². The van der Waals surface area contributed by atoms with E-state index in [4.69, 9.17) is 5.26 Å². The Morgan fingerprint density at radius 1 is 1.25 bits per heavy atom. The maximum atomic E-state index is 12.3. The van der Waals surface area contributed by atoms with E-state index in [1.165, 1.54) is 16.6 Å². The lowest BCUT2D eigenvalue weighted by Crippen LogP contribution is -2.50. The highest BCUT2D eigenvalue weighted by Gasteiger charge is 2.24. The van der Waals surface area contributed by atoms with Crippen molar-refractivity contribution in [3.63, 3.8) is 0 Å². The lowest BCUT2D eigenvalue weighted by molar-refractivity contribution is -0.134. The summed E-state index contributed by atoms with van der Waals surface area (Å²) in [6.45, 7) is 5.44. The number of carbonyl (C=O) groups excluding carboxylic acids is 1. The van der Waals surface area contributed by atoms with Crippen molar-refractivity contribution in [3.8, 4) is 6.07 Å². The highest BCUT2D eigenvalue weighted by atomic mass is 16.2. The molecule has 3 rings (SSSR count). The zero-order valence-corrected chi connectivity index (χ0v) is 13.7. The van der Waals surface area contributed by atoms with Crippen LogP contribution >= 0.6 is 0 Å². The third-order valence-corrected chi connectivity index (χ3v) is 4.43. The number of carbonyl (C=O) groups is 1. The van der Waals surface area contributed by atoms with Gasteiger partial charge >= 0.3 is 0 Å². The van der Waals surface area contributed by atoms with Crippen molar-refractivity contribution in [2.24, 2.45) is 0 Å². The minimum atomic E-state index is 0.0106. The minimum absolute atomic E-state index is 0.0106. The summed E-state index contributed by atoms with van der Waals surface area (Å²) in [7, 11) is 0. The fourth-order valence-electron chi connectivity index (χ4n) is 2.96.